The molecule has 0 atom stereocenters. The molecule has 0 fully saturated rings. The Bertz CT molecular complexity index is 1320. The number of ketones is 2. The predicted molar refractivity (Wildman–Crippen MR) is 151 cm³/mol. The van der Waals surface area contributed by atoms with Crippen LogP contribution in [0.3, 0.4) is 0 Å². The monoisotopic (exact) mass is 567 g/mol. The van der Waals surface area contributed by atoms with Crippen LogP contribution >= 0.6 is 11.6 Å². The minimum Gasteiger partial charge on any atom is -0.490 e. The lowest BCUT2D eigenvalue weighted by Gasteiger charge is -2.44. The molecular weight excluding hydrogens is 533 g/mol. The van der Waals surface area contributed by atoms with E-state index in [4.69, 9.17) is 25.8 Å². The van der Waals surface area contributed by atoms with Gasteiger partial charge >= 0.3 is 0 Å². The summed E-state index contributed by atoms with van der Waals surface area (Å²) in [5.41, 5.74) is 4.54. The molecule has 0 bridgehead atoms. The summed E-state index contributed by atoms with van der Waals surface area (Å²) in [6.45, 7) is 3.50. The Morgan fingerprint density at radius 3 is 2.27 bits per heavy atom. The third-order valence-electron chi connectivity index (χ3n) is 7.81. The van der Waals surface area contributed by atoms with Gasteiger partial charge < -0.3 is 19.1 Å². The highest BCUT2D eigenvalue weighted by molar-refractivity contribution is 6.32. The van der Waals surface area contributed by atoms with Crippen molar-refractivity contribution in [1.82, 2.24) is 4.90 Å². The summed E-state index contributed by atoms with van der Waals surface area (Å²) in [5, 5.41) is 0.288. The van der Waals surface area contributed by atoms with E-state index in [9.17, 15) is 14.0 Å². The fourth-order valence-electron chi connectivity index (χ4n) is 6.11. The maximum atomic E-state index is 14.2. The first-order valence-electron chi connectivity index (χ1n) is 14.1. The number of nitrogens with zero attached hydrogens (tertiary/aromatic N) is 1. The van der Waals surface area contributed by atoms with Crippen molar-refractivity contribution in [3.05, 3.63) is 80.9 Å². The third-order valence-corrected chi connectivity index (χ3v) is 8.09. The third kappa shape index (κ3) is 5.54. The lowest BCUT2D eigenvalue weighted by molar-refractivity contribution is -0.117. The zero-order valence-electron chi connectivity index (χ0n) is 23.1. The Labute approximate surface area is 239 Å². The molecule has 40 heavy (non-hydrogen) atoms. The summed E-state index contributed by atoms with van der Waals surface area (Å²) >= 11 is 6.81. The number of carbonyl (C=O) groups excluding carboxylic acids is 2. The molecule has 6 nitrogen and oxygen atoms in total. The SMILES string of the molecule is CCOc1cc(C2C3=C(CCCC3=O)N(CCCOC)C3=C2C(=O)CCC3)cc(Cl)c1OCc1ccccc1F. The number of halogens is 2. The van der Waals surface area contributed by atoms with Crippen molar-refractivity contribution in [2.45, 2.75) is 64.4 Å². The van der Waals surface area contributed by atoms with Crippen LogP contribution in [-0.4, -0.2) is 43.3 Å². The van der Waals surface area contributed by atoms with Crippen molar-refractivity contribution in [2.24, 2.45) is 0 Å². The first-order chi connectivity index (χ1) is 19.4. The second kappa shape index (κ2) is 12.6. The minimum absolute atomic E-state index is 0.0206. The summed E-state index contributed by atoms with van der Waals surface area (Å²) in [4.78, 5) is 29.3. The van der Waals surface area contributed by atoms with E-state index in [1.807, 2.05) is 13.0 Å². The van der Waals surface area contributed by atoms with Gasteiger partial charge in [0.05, 0.1) is 11.6 Å². The molecule has 212 valence electrons. The van der Waals surface area contributed by atoms with Crippen LogP contribution in [0.5, 0.6) is 11.5 Å². The molecular formula is C32H35ClFNO5. The fraction of sp³-hybridized carbons (Fsp3) is 0.438. The molecule has 0 amide bonds. The van der Waals surface area contributed by atoms with Crippen molar-refractivity contribution in [3.63, 3.8) is 0 Å². The molecule has 0 spiro atoms. The van der Waals surface area contributed by atoms with E-state index in [0.717, 1.165) is 49.1 Å². The van der Waals surface area contributed by atoms with Gasteiger partial charge in [0, 0.05) is 67.1 Å². The smallest absolute Gasteiger partial charge is 0.180 e. The molecule has 2 aliphatic carbocycles. The first-order valence-corrected chi connectivity index (χ1v) is 14.4. The minimum atomic E-state index is -0.512. The second-order valence-corrected chi connectivity index (χ2v) is 10.8. The van der Waals surface area contributed by atoms with Gasteiger partial charge in [0.2, 0.25) is 0 Å². The average molecular weight is 568 g/mol. The summed E-state index contributed by atoms with van der Waals surface area (Å²) in [6.07, 6.45) is 4.84. The quantitative estimate of drug-likeness (QED) is 0.291. The van der Waals surface area contributed by atoms with Gasteiger partial charge in [-0.1, -0.05) is 29.8 Å². The summed E-state index contributed by atoms with van der Waals surface area (Å²) < 4.78 is 31.5. The van der Waals surface area contributed by atoms with Crippen LogP contribution in [0.25, 0.3) is 0 Å². The van der Waals surface area contributed by atoms with Crippen molar-refractivity contribution < 1.29 is 28.2 Å². The van der Waals surface area contributed by atoms with E-state index in [1.54, 1.807) is 31.4 Å². The van der Waals surface area contributed by atoms with Gasteiger partial charge in [-0.3, -0.25) is 9.59 Å². The van der Waals surface area contributed by atoms with Gasteiger partial charge in [-0.2, -0.15) is 0 Å². The maximum absolute atomic E-state index is 14.2. The van der Waals surface area contributed by atoms with Crippen LogP contribution in [0.2, 0.25) is 5.02 Å². The van der Waals surface area contributed by atoms with E-state index in [-0.39, 0.29) is 29.0 Å². The Balaban J connectivity index is 1.60. The van der Waals surface area contributed by atoms with Crippen LogP contribution in [0, 0.1) is 5.82 Å². The van der Waals surface area contributed by atoms with Crippen LogP contribution < -0.4 is 9.47 Å². The van der Waals surface area contributed by atoms with Gasteiger partial charge in [-0.05, 0) is 62.8 Å². The molecule has 0 radical (unpaired) electrons. The first kappa shape index (κ1) is 28.4. The van der Waals surface area contributed by atoms with E-state index in [2.05, 4.69) is 4.90 Å². The van der Waals surface area contributed by atoms with Gasteiger partial charge in [0.15, 0.2) is 23.1 Å². The Hall–Kier alpha value is -3.16. The highest BCUT2D eigenvalue weighted by Gasteiger charge is 2.43. The van der Waals surface area contributed by atoms with Gasteiger partial charge in [0.25, 0.3) is 0 Å². The Kier molecular flexibility index (Phi) is 8.91. The number of carbonyl (C=O) groups is 2. The lowest BCUT2D eigenvalue weighted by Crippen LogP contribution is -2.39. The number of allylic oxidation sites excluding steroid dienone is 4. The normalized spacial score (nSPS) is 17.8. The molecule has 5 rings (SSSR count). The summed E-state index contributed by atoms with van der Waals surface area (Å²) in [6, 6.07) is 10.0. The number of hydrogen-bond donors (Lipinski definition) is 0. The molecule has 1 heterocycles. The standard InChI is InChI=1S/C32H35ClFNO5/c1-3-39-28-18-21(17-22(33)32(28)40-19-20-9-4-5-10-23(20)34)29-30-24(11-6-13-26(30)36)35(15-8-16-38-2)25-12-7-14-27(37)31(25)29/h4-5,9-10,17-18,29H,3,6-8,11-16,19H2,1-2H3. The van der Waals surface area contributed by atoms with Crippen molar-refractivity contribution in [3.8, 4) is 11.5 Å². The number of hydrogen-bond acceptors (Lipinski definition) is 6. The molecule has 3 aliphatic rings. The van der Waals surface area contributed by atoms with Crippen molar-refractivity contribution >= 4 is 23.2 Å². The largest absolute Gasteiger partial charge is 0.490 e. The molecule has 8 heteroatoms. The molecule has 0 aromatic heterocycles. The highest BCUT2D eigenvalue weighted by atomic mass is 35.5. The summed E-state index contributed by atoms with van der Waals surface area (Å²) in [7, 11) is 1.68. The number of ether oxygens (including phenoxy) is 3. The van der Waals surface area contributed by atoms with Crippen LogP contribution in [0.1, 0.15) is 68.9 Å². The van der Waals surface area contributed by atoms with E-state index < -0.39 is 5.92 Å². The van der Waals surface area contributed by atoms with E-state index >= 15 is 0 Å². The Morgan fingerprint density at radius 1 is 0.975 bits per heavy atom. The van der Waals surface area contributed by atoms with Gasteiger partial charge in [-0.15, -0.1) is 0 Å². The van der Waals surface area contributed by atoms with Crippen LogP contribution in [0.4, 0.5) is 4.39 Å². The topological polar surface area (TPSA) is 65.1 Å². The van der Waals surface area contributed by atoms with Crippen LogP contribution in [0.15, 0.2) is 58.9 Å². The van der Waals surface area contributed by atoms with Crippen molar-refractivity contribution in [2.75, 3.05) is 26.9 Å². The summed E-state index contributed by atoms with van der Waals surface area (Å²) in [5.74, 6) is -0.0260. The molecule has 0 saturated heterocycles. The van der Waals surface area contributed by atoms with E-state index in [0.29, 0.717) is 60.8 Å². The number of Topliss-reactive ketones (excluding diaryl/α,β-unsaturated/α-hetero) is 2. The molecule has 1 aliphatic heterocycles. The molecule has 0 unspecified atom stereocenters. The van der Waals surface area contributed by atoms with Gasteiger partial charge in [-0.25, -0.2) is 4.39 Å². The Morgan fingerprint density at radius 2 is 1.65 bits per heavy atom. The second-order valence-electron chi connectivity index (χ2n) is 10.3. The molecule has 0 saturated carbocycles. The average Bonchev–Trinajstić information content (AvgIpc) is 2.94. The molecule has 2 aromatic carbocycles. The zero-order valence-corrected chi connectivity index (χ0v) is 23.8. The predicted octanol–water partition coefficient (Wildman–Crippen LogP) is 6.91. The highest BCUT2D eigenvalue weighted by Crippen LogP contribution is 2.51. The number of methoxy groups -OCH3 is 1. The molecule has 2 aromatic rings. The van der Waals surface area contributed by atoms with Gasteiger partial charge in [0.1, 0.15) is 12.4 Å². The van der Waals surface area contributed by atoms with Crippen LogP contribution in [-0.2, 0) is 20.9 Å². The number of benzene rings is 2. The zero-order chi connectivity index (χ0) is 28.2. The van der Waals surface area contributed by atoms with E-state index in [1.165, 1.54) is 6.07 Å². The molecule has 0 N–H and O–H groups in total. The lowest BCUT2D eigenvalue weighted by atomic mass is 9.71. The maximum Gasteiger partial charge on any atom is 0.180 e. The number of rotatable bonds is 10. The fourth-order valence-corrected chi connectivity index (χ4v) is 6.38. The van der Waals surface area contributed by atoms with Crippen molar-refractivity contribution in [1.29, 1.82) is 0 Å².